The van der Waals surface area contributed by atoms with Gasteiger partial charge in [-0.05, 0) is 88.3 Å². The van der Waals surface area contributed by atoms with Gasteiger partial charge in [-0.15, -0.1) is 0 Å². The van der Waals surface area contributed by atoms with Crippen molar-refractivity contribution in [1.82, 2.24) is 4.90 Å². The summed E-state index contributed by atoms with van der Waals surface area (Å²) >= 11 is 0. The first-order valence-electron chi connectivity index (χ1n) is 10.2. The molecule has 0 N–H and O–H groups in total. The number of hydrogen-bond donors (Lipinski definition) is 0. The summed E-state index contributed by atoms with van der Waals surface area (Å²) in [7, 11) is 0. The van der Waals surface area contributed by atoms with Gasteiger partial charge in [-0.1, -0.05) is 0 Å². The van der Waals surface area contributed by atoms with Gasteiger partial charge >= 0.3 is 6.02 Å². The van der Waals surface area contributed by atoms with Gasteiger partial charge in [0.15, 0.2) is 5.76 Å². The molecule has 1 fully saturated rings. The minimum atomic E-state index is -0.0996. The Balaban J connectivity index is 1.71. The fraction of sp³-hybridized carbons (Fsp3) is 0.545. The molecule has 3 aliphatic rings. The minimum Gasteiger partial charge on any atom is -0.420 e. The topological polar surface area (TPSA) is 45.1 Å². The Labute approximate surface area is 161 Å². The maximum Gasteiger partial charge on any atom is 0.300 e. The first-order chi connectivity index (χ1) is 12.9. The molecule has 1 amide bonds. The van der Waals surface area contributed by atoms with E-state index in [1.165, 1.54) is 42.7 Å². The van der Waals surface area contributed by atoms with E-state index in [0.29, 0.717) is 11.8 Å². The Morgan fingerprint density at radius 2 is 1.70 bits per heavy atom. The fourth-order valence-corrected chi connectivity index (χ4v) is 4.32. The van der Waals surface area contributed by atoms with Crippen molar-refractivity contribution in [2.75, 3.05) is 18.0 Å². The van der Waals surface area contributed by atoms with Gasteiger partial charge in [-0.25, -0.2) is 4.99 Å². The van der Waals surface area contributed by atoms with Crippen molar-refractivity contribution in [3.8, 4) is 0 Å². The Bertz CT molecular complexity index is 792. The number of carbonyl (C=O) groups excluding carboxylic acids is 1. The molecule has 3 aliphatic heterocycles. The molecule has 0 unspecified atom stereocenters. The summed E-state index contributed by atoms with van der Waals surface area (Å²) in [5, 5.41) is 0. The summed E-state index contributed by atoms with van der Waals surface area (Å²) in [6, 6.07) is 4.97. The van der Waals surface area contributed by atoms with Crippen LogP contribution in [0.4, 0.5) is 5.69 Å². The first kappa shape index (κ1) is 18.1. The van der Waals surface area contributed by atoms with E-state index in [1.54, 1.807) is 4.90 Å². The number of ether oxygens (including phenoxy) is 1. The van der Waals surface area contributed by atoms with Crippen LogP contribution in [0.25, 0.3) is 6.08 Å². The fourth-order valence-electron chi connectivity index (χ4n) is 4.32. The van der Waals surface area contributed by atoms with Crippen molar-refractivity contribution in [3.63, 3.8) is 0 Å². The quantitative estimate of drug-likeness (QED) is 0.764. The molecule has 1 saturated heterocycles. The normalized spacial score (nSPS) is 22.2. The summed E-state index contributed by atoms with van der Waals surface area (Å²) in [4.78, 5) is 21.6. The Morgan fingerprint density at radius 3 is 2.26 bits per heavy atom. The molecule has 0 saturated carbocycles. The van der Waals surface area contributed by atoms with Crippen molar-refractivity contribution in [2.45, 2.75) is 65.5 Å². The van der Waals surface area contributed by atoms with Gasteiger partial charge < -0.3 is 9.64 Å². The summed E-state index contributed by atoms with van der Waals surface area (Å²) in [5.41, 5.74) is 5.32. The summed E-state index contributed by atoms with van der Waals surface area (Å²) in [6.07, 6.45) is 6.53. The van der Waals surface area contributed by atoms with Crippen LogP contribution in [-0.2, 0) is 22.4 Å². The van der Waals surface area contributed by atoms with Crippen LogP contribution < -0.4 is 4.90 Å². The zero-order valence-corrected chi connectivity index (χ0v) is 16.8. The second-order valence-electron chi connectivity index (χ2n) is 8.27. The SMILES string of the molecule is CC(C)/N=C1/O/C(=C/c2cc3c4c(c2)CCCN4CCC3)C(=O)N1C(C)C. The van der Waals surface area contributed by atoms with Crippen LogP contribution in [0.15, 0.2) is 22.9 Å². The van der Waals surface area contributed by atoms with E-state index in [9.17, 15) is 4.79 Å². The molecule has 3 heterocycles. The van der Waals surface area contributed by atoms with Crippen LogP contribution in [0.3, 0.4) is 0 Å². The van der Waals surface area contributed by atoms with Crippen LogP contribution in [0.1, 0.15) is 57.2 Å². The molecule has 1 aromatic carbocycles. The number of anilines is 1. The Kier molecular flexibility index (Phi) is 4.70. The predicted octanol–water partition coefficient (Wildman–Crippen LogP) is 3.76. The average Bonchev–Trinajstić information content (AvgIpc) is 2.90. The summed E-state index contributed by atoms with van der Waals surface area (Å²) in [6.45, 7) is 10.3. The van der Waals surface area contributed by atoms with E-state index in [-0.39, 0.29) is 18.0 Å². The Hall–Kier alpha value is -2.30. The molecule has 0 radical (unpaired) electrons. The van der Waals surface area contributed by atoms with Crippen molar-refractivity contribution >= 4 is 23.7 Å². The molecule has 5 nitrogen and oxygen atoms in total. The molecule has 0 aliphatic carbocycles. The molecule has 0 bridgehead atoms. The highest BCUT2D eigenvalue weighted by molar-refractivity contribution is 6.11. The lowest BCUT2D eigenvalue weighted by Gasteiger charge is -2.37. The van der Waals surface area contributed by atoms with Crippen LogP contribution in [0, 0.1) is 0 Å². The number of amidine groups is 1. The highest BCUT2D eigenvalue weighted by atomic mass is 16.5. The molecular weight excluding hydrogens is 338 g/mol. The van der Waals surface area contributed by atoms with Gasteiger partial charge in [0.05, 0.1) is 0 Å². The zero-order valence-electron chi connectivity index (χ0n) is 16.8. The van der Waals surface area contributed by atoms with E-state index in [2.05, 4.69) is 22.0 Å². The van der Waals surface area contributed by atoms with E-state index in [1.807, 2.05) is 33.8 Å². The van der Waals surface area contributed by atoms with Crippen LogP contribution in [0.5, 0.6) is 0 Å². The number of amides is 1. The number of benzene rings is 1. The number of aryl methyl sites for hydroxylation is 2. The lowest BCUT2D eigenvalue weighted by Crippen LogP contribution is -2.36. The Morgan fingerprint density at radius 1 is 1.07 bits per heavy atom. The number of carbonyl (C=O) groups is 1. The largest absolute Gasteiger partial charge is 0.420 e. The monoisotopic (exact) mass is 367 g/mol. The molecule has 0 atom stereocenters. The molecule has 1 aromatic rings. The van der Waals surface area contributed by atoms with Gasteiger partial charge in [0.2, 0.25) is 0 Å². The lowest BCUT2D eigenvalue weighted by atomic mass is 9.90. The van der Waals surface area contributed by atoms with E-state index in [4.69, 9.17) is 4.74 Å². The highest BCUT2D eigenvalue weighted by Crippen LogP contribution is 2.36. The van der Waals surface area contributed by atoms with Crippen molar-refractivity contribution in [2.24, 2.45) is 4.99 Å². The second-order valence-corrected chi connectivity index (χ2v) is 8.27. The van der Waals surface area contributed by atoms with Gasteiger partial charge in [-0.2, -0.15) is 0 Å². The average molecular weight is 367 g/mol. The zero-order chi connectivity index (χ0) is 19.1. The maximum atomic E-state index is 12.9. The smallest absolute Gasteiger partial charge is 0.300 e. The lowest BCUT2D eigenvalue weighted by molar-refractivity contribution is -0.123. The molecule has 27 heavy (non-hydrogen) atoms. The minimum absolute atomic E-state index is 0.0131. The van der Waals surface area contributed by atoms with E-state index in [0.717, 1.165) is 18.4 Å². The third-order valence-corrected chi connectivity index (χ3v) is 5.37. The molecule has 4 rings (SSSR count). The van der Waals surface area contributed by atoms with Crippen LogP contribution in [-0.4, -0.2) is 42.0 Å². The number of aliphatic imine (C=N–C) groups is 1. The molecule has 5 heteroatoms. The van der Waals surface area contributed by atoms with Gasteiger partial charge in [0.1, 0.15) is 0 Å². The maximum absolute atomic E-state index is 12.9. The van der Waals surface area contributed by atoms with Gasteiger partial charge in [-0.3, -0.25) is 9.69 Å². The third-order valence-electron chi connectivity index (χ3n) is 5.37. The molecule has 144 valence electrons. The second kappa shape index (κ2) is 7.02. The van der Waals surface area contributed by atoms with Crippen LogP contribution in [0.2, 0.25) is 0 Å². The number of rotatable bonds is 3. The van der Waals surface area contributed by atoms with Gasteiger partial charge in [0, 0.05) is 30.9 Å². The highest BCUT2D eigenvalue weighted by Gasteiger charge is 2.37. The third kappa shape index (κ3) is 3.35. The first-order valence-corrected chi connectivity index (χ1v) is 10.2. The van der Waals surface area contributed by atoms with Crippen LogP contribution >= 0.6 is 0 Å². The van der Waals surface area contributed by atoms with E-state index < -0.39 is 0 Å². The molecule has 0 aromatic heterocycles. The number of hydrogen-bond acceptors (Lipinski definition) is 4. The molecular formula is C22H29N3O2. The van der Waals surface area contributed by atoms with Crippen molar-refractivity contribution < 1.29 is 9.53 Å². The summed E-state index contributed by atoms with van der Waals surface area (Å²) < 4.78 is 5.89. The molecule has 0 spiro atoms. The number of nitrogens with zero attached hydrogens (tertiary/aromatic N) is 3. The summed E-state index contributed by atoms with van der Waals surface area (Å²) in [5.74, 6) is 0.274. The van der Waals surface area contributed by atoms with E-state index >= 15 is 0 Å². The van der Waals surface area contributed by atoms with Crippen molar-refractivity contribution in [1.29, 1.82) is 0 Å². The van der Waals surface area contributed by atoms with Gasteiger partial charge in [0.25, 0.3) is 5.91 Å². The predicted molar refractivity (Wildman–Crippen MR) is 109 cm³/mol. The standard InChI is InChI=1S/C22H29N3O2/c1-14(2)23-22-25(15(3)4)21(26)19(27-22)13-16-11-17-7-5-9-24-10-6-8-18(12-16)20(17)24/h11-15H,5-10H2,1-4H3/b19-13+,23-22+. The van der Waals surface area contributed by atoms with Crippen molar-refractivity contribution in [3.05, 3.63) is 34.6 Å².